The Bertz CT molecular complexity index is 814. The molecule has 0 bridgehead atoms. The van der Waals surface area contributed by atoms with Crippen molar-refractivity contribution < 1.29 is 8.42 Å². The Balaban J connectivity index is 1.72. The van der Waals surface area contributed by atoms with E-state index in [-0.39, 0.29) is 0 Å². The molecule has 1 fully saturated rings. The minimum atomic E-state index is -3.41. The number of rotatable bonds is 5. The summed E-state index contributed by atoms with van der Waals surface area (Å²) in [6, 6.07) is 15.5. The molecule has 0 aliphatic carbocycles. The number of likely N-dealkylation sites (N-methyl/N-ethyl adjacent to an activating group) is 1. The summed E-state index contributed by atoms with van der Waals surface area (Å²) in [5.74, 6) is 0. The van der Waals surface area contributed by atoms with E-state index in [1.165, 1.54) is 5.56 Å². The number of aryl methyl sites for hydroxylation is 1. The van der Waals surface area contributed by atoms with Crippen LogP contribution in [0.25, 0.3) is 0 Å². The van der Waals surface area contributed by atoms with Gasteiger partial charge in [-0.3, -0.25) is 0 Å². The van der Waals surface area contributed by atoms with Crippen LogP contribution in [0.2, 0.25) is 0 Å². The van der Waals surface area contributed by atoms with Crippen molar-refractivity contribution in [3.8, 4) is 0 Å². The second kappa shape index (κ2) is 7.56. The van der Waals surface area contributed by atoms with Crippen LogP contribution in [0.15, 0.2) is 53.4 Å². The Morgan fingerprint density at radius 3 is 2.32 bits per heavy atom. The molecule has 1 saturated heterocycles. The number of anilines is 1. The lowest BCUT2D eigenvalue weighted by molar-refractivity contribution is 0.222. The predicted molar refractivity (Wildman–Crippen MR) is 101 cm³/mol. The molecular formula is C19H25N3O2S. The van der Waals surface area contributed by atoms with E-state index in [1.807, 2.05) is 38.2 Å². The van der Waals surface area contributed by atoms with E-state index < -0.39 is 10.0 Å². The Labute approximate surface area is 150 Å². The molecule has 1 heterocycles. The van der Waals surface area contributed by atoms with E-state index in [2.05, 4.69) is 22.3 Å². The monoisotopic (exact) mass is 359 g/mol. The lowest BCUT2D eigenvalue weighted by atomic mass is 10.2. The first-order valence-corrected chi connectivity index (χ1v) is 9.98. The topological polar surface area (TPSA) is 52.7 Å². The molecule has 1 N–H and O–H groups in total. The first-order chi connectivity index (χ1) is 12.0. The van der Waals surface area contributed by atoms with Crippen molar-refractivity contribution in [3.63, 3.8) is 0 Å². The Morgan fingerprint density at radius 1 is 1.00 bits per heavy atom. The Morgan fingerprint density at radius 2 is 1.68 bits per heavy atom. The van der Waals surface area contributed by atoms with E-state index >= 15 is 0 Å². The van der Waals surface area contributed by atoms with Crippen LogP contribution in [-0.2, 0) is 16.6 Å². The maximum Gasteiger partial charge on any atom is 0.243 e. The number of piperazine rings is 1. The molecule has 0 atom stereocenters. The molecule has 134 valence electrons. The quantitative estimate of drug-likeness (QED) is 0.891. The first kappa shape index (κ1) is 17.9. The molecule has 0 aromatic heterocycles. The molecular weight excluding hydrogens is 334 g/mol. The van der Waals surface area contributed by atoms with E-state index in [0.717, 1.165) is 24.3 Å². The summed E-state index contributed by atoms with van der Waals surface area (Å²) in [5, 5.41) is 3.38. The fraction of sp³-hybridized carbons (Fsp3) is 0.368. The van der Waals surface area contributed by atoms with E-state index in [4.69, 9.17) is 0 Å². The molecule has 6 heteroatoms. The van der Waals surface area contributed by atoms with Gasteiger partial charge in [0.05, 0.1) is 4.90 Å². The van der Waals surface area contributed by atoms with Gasteiger partial charge in [0, 0.05) is 38.4 Å². The van der Waals surface area contributed by atoms with Crippen molar-refractivity contribution >= 4 is 15.7 Å². The zero-order valence-corrected chi connectivity index (χ0v) is 15.6. The van der Waals surface area contributed by atoms with Gasteiger partial charge in [-0.15, -0.1) is 0 Å². The summed E-state index contributed by atoms with van der Waals surface area (Å²) in [4.78, 5) is 2.52. The average molecular weight is 359 g/mol. The van der Waals surface area contributed by atoms with Gasteiger partial charge >= 0.3 is 0 Å². The van der Waals surface area contributed by atoms with Gasteiger partial charge in [0.25, 0.3) is 0 Å². The van der Waals surface area contributed by atoms with Crippen LogP contribution < -0.4 is 5.32 Å². The van der Waals surface area contributed by atoms with Gasteiger partial charge in [-0.05, 0) is 43.3 Å². The van der Waals surface area contributed by atoms with E-state index in [0.29, 0.717) is 24.5 Å². The van der Waals surface area contributed by atoms with Crippen LogP contribution in [0.3, 0.4) is 0 Å². The Hall–Kier alpha value is -1.89. The van der Waals surface area contributed by atoms with Crippen molar-refractivity contribution in [2.45, 2.75) is 18.4 Å². The molecule has 0 unspecified atom stereocenters. The zero-order valence-electron chi connectivity index (χ0n) is 14.8. The molecule has 1 aliphatic heterocycles. The maximum absolute atomic E-state index is 12.8. The number of nitrogens with one attached hydrogen (secondary N) is 1. The van der Waals surface area contributed by atoms with Crippen molar-refractivity contribution in [2.75, 3.05) is 38.5 Å². The van der Waals surface area contributed by atoms with E-state index in [9.17, 15) is 8.42 Å². The van der Waals surface area contributed by atoms with Gasteiger partial charge in [-0.2, -0.15) is 4.31 Å². The third-order valence-electron chi connectivity index (χ3n) is 4.62. The summed E-state index contributed by atoms with van der Waals surface area (Å²) in [7, 11) is -1.40. The van der Waals surface area contributed by atoms with Crippen LogP contribution >= 0.6 is 0 Å². The van der Waals surface area contributed by atoms with Crippen LogP contribution in [-0.4, -0.2) is 50.8 Å². The molecule has 25 heavy (non-hydrogen) atoms. The molecule has 0 saturated carbocycles. The second-order valence-corrected chi connectivity index (χ2v) is 8.46. The standard InChI is InChI=1S/C19H25N3O2S/c1-16-14-18(25(23,24)22-12-10-21(2)11-13-22)8-9-19(16)20-15-17-6-4-3-5-7-17/h3-9,14,20H,10-13,15H2,1-2H3. The van der Waals surface area contributed by atoms with Crippen molar-refractivity contribution in [3.05, 3.63) is 59.7 Å². The zero-order chi connectivity index (χ0) is 17.9. The van der Waals surface area contributed by atoms with Crippen molar-refractivity contribution in [1.29, 1.82) is 0 Å². The highest BCUT2D eigenvalue weighted by Gasteiger charge is 2.27. The second-order valence-electron chi connectivity index (χ2n) is 6.52. The normalized spacial score (nSPS) is 16.7. The highest BCUT2D eigenvalue weighted by atomic mass is 32.2. The summed E-state index contributed by atoms with van der Waals surface area (Å²) in [6.45, 7) is 5.30. The van der Waals surface area contributed by atoms with Crippen LogP contribution in [0, 0.1) is 6.92 Å². The SMILES string of the molecule is Cc1cc(S(=O)(=O)N2CCN(C)CC2)ccc1NCc1ccccc1. The van der Waals surface area contributed by atoms with Crippen LogP contribution in [0.1, 0.15) is 11.1 Å². The van der Waals surface area contributed by atoms with Gasteiger partial charge in [0.2, 0.25) is 10.0 Å². The Kier molecular flexibility index (Phi) is 5.42. The molecule has 3 rings (SSSR count). The molecule has 0 spiro atoms. The summed E-state index contributed by atoms with van der Waals surface area (Å²) < 4.78 is 27.2. The van der Waals surface area contributed by atoms with E-state index in [1.54, 1.807) is 16.4 Å². The molecule has 1 aliphatic rings. The summed E-state index contributed by atoms with van der Waals surface area (Å²) in [6.07, 6.45) is 0. The number of nitrogens with zero attached hydrogens (tertiary/aromatic N) is 2. The van der Waals surface area contributed by atoms with Crippen molar-refractivity contribution in [1.82, 2.24) is 9.21 Å². The highest BCUT2D eigenvalue weighted by molar-refractivity contribution is 7.89. The van der Waals surface area contributed by atoms with Gasteiger partial charge in [0.15, 0.2) is 0 Å². The largest absolute Gasteiger partial charge is 0.381 e. The first-order valence-electron chi connectivity index (χ1n) is 8.54. The molecule has 2 aromatic carbocycles. The van der Waals surface area contributed by atoms with Gasteiger partial charge in [-0.25, -0.2) is 8.42 Å². The molecule has 2 aromatic rings. The lowest BCUT2D eigenvalue weighted by Crippen LogP contribution is -2.47. The molecule has 0 amide bonds. The van der Waals surface area contributed by atoms with Gasteiger partial charge < -0.3 is 10.2 Å². The van der Waals surface area contributed by atoms with Crippen molar-refractivity contribution in [2.24, 2.45) is 0 Å². The third-order valence-corrected chi connectivity index (χ3v) is 6.52. The summed E-state index contributed by atoms with van der Waals surface area (Å²) >= 11 is 0. The summed E-state index contributed by atoms with van der Waals surface area (Å²) in [5.41, 5.74) is 3.09. The number of benzene rings is 2. The minimum Gasteiger partial charge on any atom is -0.381 e. The lowest BCUT2D eigenvalue weighted by Gasteiger charge is -2.31. The van der Waals surface area contributed by atoms with Crippen LogP contribution in [0.5, 0.6) is 0 Å². The number of sulfonamides is 1. The predicted octanol–water partition coefficient (Wildman–Crippen LogP) is 2.54. The highest BCUT2D eigenvalue weighted by Crippen LogP contribution is 2.23. The molecule has 5 nitrogen and oxygen atoms in total. The number of hydrogen-bond donors (Lipinski definition) is 1. The van der Waals surface area contributed by atoms with Crippen LogP contribution in [0.4, 0.5) is 5.69 Å². The third kappa shape index (κ3) is 4.21. The smallest absolute Gasteiger partial charge is 0.243 e. The fourth-order valence-electron chi connectivity index (χ4n) is 2.97. The average Bonchev–Trinajstić information content (AvgIpc) is 2.62. The minimum absolute atomic E-state index is 0.375. The fourth-order valence-corrected chi connectivity index (χ4v) is 4.47. The van der Waals surface area contributed by atoms with Gasteiger partial charge in [-0.1, -0.05) is 30.3 Å². The number of hydrogen-bond acceptors (Lipinski definition) is 4. The van der Waals surface area contributed by atoms with Gasteiger partial charge in [0.1, 0.15) is 0 Å². The maximum atomic E-state index is 12.8. The molecule has 0 radical (unpaired) electrons.